The first-order valence-corrected chi connectivity index (χ1v) is 8.69. The van der Waals surface area contributed by atoms with Crippen molar-refractivity contribution >= 4 is 35.5 Å². The normalized spacial score (nSPS) is 14.8. The van der Waals surface area contributed by atoms with Crippen LogP contribution in [0, 0.1) is 0 Å². The number of benzene rings is 1. The van der Waals surface area contributed by atoms with Gasteiger partial charge in [0.2, 0.25) is 0 Å². The van der Waals surface area contributed by atoms with Crippen molar-refractivity contribution in [1.82, 2.24) is 4.90 Å². The molecule has 0 N–H and O–H groups in total. The van der Waals surface area contributed by atoms with Crippen LogP contribution in [-0.2, 0) is 26.0 Å². The average molecular weight is 364 g/mol. The molecule has 2 rings (SSSR count). The summed E-state index contributed by atoms with van der Waals surface area (Å²) < 4.78 is 55.0. The van der Waals surface area contributed by atoms with Crippen LogP contribution in [0.5, 0.6) is 0 Å². The van der Waals surface area contributed by atoms with Gasteiger partial charge in [-0.2, -0.15) is 21.6 Å². The Kier molecular flexibility index (Phi) is 5.89. The fourth-order valence-corrected chi connectivity index (χ4v) is 1.85. The Hall–Kier alpha value is -0.990. The second kappa shape index (κ2) is 6.85. The highest BCUT2D eigenvalue weighted by Gasteiger charge is 2.43. The van der Waals surface area contributed by atoms with Crippen LogP contribution in [-0.4, -0.2) is 31.9 Å². The fourth-order valence-electron chi connectivity index (χ4n) is 1.85. The number of rotatable bonds is 0. The molecule has 1 aliphatic rings. The molecule has 0 saturated carbocycles. The van der Waals surface area contributed by atoms with E-state index in [1.54, 1.807) is 12.1 Å². The minimum absolute atomic E-state index is 0.0501. The fraction of sp³-hybridized carbons (Fsp3) is 0.364. The molecule has 21 heavy (non-hydrogen) atoms. The van der Waals surface area contributed by atoms with Gasteiger partial charge in [0.1, 0.15) is 0 Å². The minimum Gasteiger partial charge on any atom is -0.330 e. The summed E-state index contributed by atoms with van der Waals surface area (Å²) in [7, 11) is 4.81. The molecular formula is C11H10Cl2F3NO3S. The standard InChI is InChI=1S/C11H10F3NO.Cl2O2S/c12-11(13,14)10(16)15-6-5-8-3-1-2-4-9(8)7-15;1-5(2,3)4/h1-4H,5-7H2;. The van der Waals surface area contributed by atoms with Gasteiger partial charge in [-0.15, -0.1) is 0 Å². The second-order valence-corrected chi connectivity index (χ2v) is 7.79. The Bertz CT molecular complexity index is 611. The number of amides is 1. The van der Waals surface area contributed by atoms with Crippen molar-refractivity contribution in [2.24, 2.45) is 0 Å². The first kappa shape index (κ1) is 18.1. The highest BCUT2D eigenvalue weighted by atomic mass is 36.0. The zero-order valence-electron chi connectivity index (χ0n) is 10.4. The monoisotopic (exact) mass is 363 g/mol. The molecule has 1 aromatic rings. The third-order valence-corrected chi connectivity index (χ3v) is 2.66. The summed E-state index contributed by atoms with van der Waals surface area (Å²) in [6.45, 7) is 0.184. The first-order chi connectivity index (χ1) is 9.48. The molecule has 118 valence electrons. The number of halogens is 5. The van der Waals surface area contributed by atoms with Crippen molar-refractivity contribution in [3.05, 3.63) is 35.4 Å². The van der Waals surface area contributed by atoms with E-state index in [9.17, 15) is 18.0 Å². The molecule has 0 aliphatic carbocycles. The van der Waals surface area contributed by atoms with Crippen LogP contribution in [0.3, 0.4) is 0 Å². The molecule has 0 atom stereocenters. The molecule has 10 heteroatoms. The van der Waals surface area contributed by atoms with Crippen LogP contribution in [0.2, 0.25) is 0 Å². The van der Waals surface area contributed by atoms with Crippen molar-refractivity contribution < 1.29 is 26.4 Å². The summed E-state index contributed by atoms with van der Waals surface area (Å²) in [6.07, 6.45) is -4.29. The van der Waals surface area contributed by atoms with Crippen LogP contribution >= 0.6 is 21.4 Å². The molecule has 0 unspecified atom stereocenters. The number of carbonyl (C=O) groups is 1. The predicted molar refractivity (Wildman–Crippen MR) is 72.2 cm³/mol. The van der Waals surface area contributed by atoms with Gasteiger partial charge in [-0.25, -0.2) is 0 Å². The largest absolute Gasteiger partial charge is 0.471 e. The first-order valence-electron chi connectivity index (χ1n) is 5.55. The molecule has 1 aromatic carbocycles. The molecule has 0 saturated heterocycles. The van der Waals surface area contributed by atoms with E-state index in [2.05, 4.69) is 21.4 Å². The van der Waals surface area contributed by atoms with Gasteiger partial charge in [0.15, 0.2) is 0 Å². The molecule has 0 fully saturated rings. The van der Waals surface area contributed by atoms with E-state index in [1.807, 2.05) is 12.1 Å². The summed E-state index contributed by atoms with van der Waals surface area (Å²) in [5.41, 5.74) is 1.82. The quantitative estimate of drug-likeness (QED) is 0.666. The molecule has 1 aliphatic heterocycles. The van der Waals surface area contributed by atoms with Crippen LogP contribution in [0.1, 0.15) is 11.1 Å². The van der Waals surface area contributed by atoms with E-state index >= 15 is 0 Å². The number of fused-ring (bicyclic) bond motifs is 1. The third-order valence-electron chi connectivity index (χ3n) is 2.66. The lowest BCUT2D eigenvalue weighted by molar-refractivity contribution is -0.186. The van der Waals surface area contributed by atoms with Gasteiger partial charge in [0, 0.05) is 34.5 Å². The molecule has 0 bridgehead atoms. The maximum Gasteiger partial charge on any atom is 0.471 e. The maximum atomic E-state index is 12.2. The molecule has 4 nitrogen and oxygen atoms in total. The van der Waals surface area contributed by atoms with Gasteiger partial charge >= 0.3 is 20.3 Å². The summed E-state index contributed by atoms with van der Waals surface area (Å²) in [4.78, 5) is 11.9. The summed E-state index contributed by atoms with van der Waals surface area (Å²) in [5, 5.41) is 0. The Balaban J connectivity index is 0.000000383. The van der Waals surface area contributed by atoms with Gasteiger partial charge in [0.25, 0.3) is 0 Å². The van der Waals surface area contributed by atoms with E-state index in [4.69, 9.17) is 8.42 Å². The molecular weight excluding hydrogens is 354 g/mol. The number of alkyl halides is 3. The summed E-state index contributed by atoms with van der Waals surface area (Å²) in [6, 6.07) is 7.25. The lowest BCUT2D eigenvalue weighted by Gasteiger charge is -2.29. The number of carbonyl (C=O) groups excluding carboxylic acids is 1. The zero-order valence-corrected chi connectivity index (χ0v) is 12.7. The number of hydrogen-bond acceptors (Lipinski definition) is 3. The Morgan fingerprint density at radius 3 is 2.10 bits per heavy atom. The highest BCUT2D eigenvalue weighted by molar-refractivity contribution is 8.31. The van der Waals surface area contributed by atoms with Crippen molar-refractivity contribution in [3.8, 4) is 0 Å². The molecule has 0 aromatic heterocycles. The smallest absolute Gasteiger partial charge is 0.330 e. The van der Waals surface area contributed by atoms with Gasteiger partial charge in [-0.3, -0.25) is 4.79 Å². The van der Waals surface area contributed by atoms with Crippen molar-refractivity contribution in [1.29, 1.82) is 0 Å². The minimum atomic E-state index is -4.77. The maximum absolute atomic E-state index is 12.2. The van der Waals surface area contributed by atoms with Crippen LogP contribution in [0.25, 0.3) is 0 Å². The highest BCUT2D eigenvalue weighted by Crippen LogP contribution is 2.24. The predicted octanol–water partition coefficient (Wildman–Crippen LogP) is 2.84. The van der Waals surface area contributed by atoms with Gasteiger partial charge in [-0.05, 0) is 17.5 Å². The van der Waals surface area contributed by atoms with Crippen molar-refractivity contribution in [2.75, 3.05) is 6.54 Å². The van der Waals surface area contributed by atoms with Gasteiger partial charge in [-0.1, -0.05) is 24.3 Å². The van der Waals surface area contributed by atoms with Crippen LogP contribution in [0.4, 0.5) is 13.2 Å². The average Bonchev–Trinajstić information content (AvgIpc) is 2.34. The second-order valence-electron chi connectivity index (χ2n) is 4.12. The Morgan fingerprint density at radius 2 is 1.62 bits per heavy atom. The number of hydrogen-bond donors (Lipinski definition) is 0. The van der Waals surface area contributed by atoms with Crippen molar-refractivity contribution in [2.45, 2.75) is 19.1 Å². The van der Waals surface area contributed by atoms with Gasteiger partial charge in [0.05, 0.1) is 0 Å². The van der Waals surface area contributed by atoms with Crippen LogP contribution in [0.15, 0.2) is 24.3 Å². The lowest BCUT2D eigenvalue weighted by atomic mass is 10.00. The Labute approximate surface area is 128 Å². The third kappa shape index (κ3) is 6.54. The van der Waals surface area contributed by atoms with E-state index in [0.29, 0.717) is 6.42 Å². The lowest BCUT2D eigenvalue weighted by Crippen LogP contribution is -2.43. The SMILES string of the molecule is O=C(N1CCc2ccccc2C1)C(F)(F)F.O=S(=O)(Cl)Cl. The Morgan fingerprint density at radius 1 is 1.14 bits per heavy atom. The number of nitrogens with zero attached hydrogens (tertiary/aromatic N) is 1. The van der Waals surface area contributed by atoms with Crippen molar-refractivity contribution in [3.63, 3.8) is 0 Å². The van der Waals surface area contributed by atoms with E-state index in [-0.39, 0.29) is 13.1 Å². The molecule has 1 heterocycles. The zero-order chi connectivity index (χ0) is 16.3. The van der Waals surface area contributed by atoms with Crippen LogP contribution < -0.4 is 0 Å². The topological polar surface area (TPSA) is 54.5 Å². The van der Waals surface area contributed by atoms with E-state index in [1.165, 1.54) is 0 Å². The molecule has 0 radical (unpaired) electrons. The summed E-state index contributed by atoms with van der Waals surface area (Å²) >= 11 is 0. The van der Waals surface area contributed by atoms with E-state index < -0.39 is 20.3 Å². The molecule has 1 amide bonds. The van der Waals surface area contributed by atoms with E-state index in [0.717, 1.165) is 16.0 Å². The summed E-state index contributed by atoms with van der Waals surface area (Å²) in [5.74, 6) is -1.75. The molecule has 0 spiro atoms. The van der Waals surface area contributed by atoms with Gasteiger partial charge < -0.3 is 4.90 Å².